The number of ether oxygens (including phenoxy) is 2. The number of hydrogen-bond donors (Lipinski definition) is 1. The van der Waals surface area contributed by atoms with Gasteiger partial charge in [-0.05, 0) is 30.2 Å². The van der Waals surface area contributed by atoms with E-state index in [1.54, 1.807) is 12.1 Å². The Balaban J connectivity index is 2.11. The smallest absolute Gasteiger partial charge is 0.336 e. The van der Waals surface area contributed by atoms with Crippen LogP contribution in [0.2, 0.25) is 0 Å². The maximum Gasteiger partial charge on any atom is 0.336 e. The van der Waals surface area contributed by atoms with Gasteiger partial charge in [0.05, 0.1) is 0 Å². The van der Waals surface area contributed by atoms with Crippen LogP contribution >= 0.6 is 0 Å². The van der Waals surface area contributed by atoms with Gasteiger partial charge < -0.3 is 14.6 Å². The first kappa shape index (κ1) is 18.7. The van der Waals surface area contributed by atoms with E-state index in [-0.39, 0.29) is 11.0 Å². The predicted molar refractivity (Wildman–Crippen MR) is 97.4 cm³/mol. The van der Waals surface area contributed by atoms with Crippen molar-refractivity contribution < 1.29 is 19.4 Å². The molecule has 2 aromatic rings. The lowest BCUT2D eigenvalue weighted by Gasteiger charge is -2.26. The summed E-state index contributed by atoms with van der Waals surface area (Å²) in [5.41, 5.74) is 2.45. The topological polar surface area (TPSA) is 55.8 Å². The average molecular weight is 340 g/mol. The molecule has 0 bridgehead atoms. The van der Waals surface area contributed by atoms with E-state index in [9.17, 15) is 9.90 Å². The molecule has 0 aliphatic rings. The standard InChI is InChI=1S/C21H24O4/c1-15(2)20(23)25-19(14-22)24-18-12-10-17(11-13-18)21(3,4)16-8-6-5-7-9-16/h5-13,19,22H,1,14H2,2-4H3. The van der Waals surface area contributed by atoms with Gasteiger partial charge >= 0.3 is 5.97 Å². The van der Waals surface area contributed by atoms with Gasteiger partial charge in [0.15, 0.2) is 0 Å². The second-order valence-corrected chi connectivity index (χ2v) is 6.43. The molecule has 2 aromatic carbocycles. The summed E-state index contributed by atoms with van der Waals surface area (Å²) in [6.45, 7) is 8.92. The Bertz CT molecular complexity index is 717. The van der Waals surface area contributed by atoms with Gasteiger partial charge in [0, 0.05) is 11.0 Å². The highest BCUT2D eigenvalue weighted by Gasteiger charge is 2.23. The summed E-state index contributed by atoms with van der Waals surface area (Å²) in [7, 11) is 0. The Labute approximate surface area is 148 Å². The summed E-state index contributed by atoms with van der Waals surface area (Å²) in [4.78, 5) is 11.5. The van der Waals surface area contributed by atoms with E-state index in [2.05, 4.69) is 32.6 Å². The number of hydrogen-bond acceptors (Lipinski definition) is 4. The fourth-order valence-corrected chi connectivity index (χ4v) is 2.44. The number of aliphatic hydroxyl groups is 1. The van der Waals surface area contributed by atoms with Gasteiger partial charge in [-0.25, -0.2) is 4.79 Å². The Hall–Kier alpha value is -2.59. The summed E-state index contributed by atoms with van der Waals surface area (Å²) >= 11 is 0. The van der Waals surface area contributed by atoms with Crippen molar-refractivity contribution in [2.75, 3.05) is 6.61 Å². The molecule has 0 radical (unpaired) electrons. The SMILES string of the molecule is C=C(C)C(=O)OC(CO)Oc1ccc(C(C)(C)c2ccccc2)cc1. The van der Waals surface area contributed by atoms with E-state index in [0.29, 0.717) is 5.75 Å². The summed E-state index contributed by atoms with van der Waals surface area (Å²) in [5, 5.41) is 9.32. The van der Waals surface area contributed by atoms with Crippen molar-refractivity contribution >= 4 is 5.97 Å². The van der Waals surface area contributed by atoms with Gasteiger partial charge in [-0.1, -0.05) is 62.9 Å². The fourth-order valence-electron chi connectivity index (χ4n) is 2.44. The van der Waals surface area contributed by atoms with Crippen LogP contribution in [0.5, 0.6) is 5.75 Å². The van der Waals surface area contributed by atoms with Crippen LogP contribution in [-0.2, 0) is 14.9 Å². The highest BCUT2D eigenvalue weighted by atomic mass is 16.7. The van der Waals surface area contributed by atoms with E-state index >= 15 is 0 Å². The van der Waals surface area contributed by atoms with Crippen molar-refractivity contribution in [3.05, 3.63) is 77.9 Å². The van der Waals surface area contributed by atoms with Crippen molar-refractivity contribution in [3.8, 4) is 5.75 Å². The van der Waals surface area contributed by atoms with Crippen molar-refractivity contribution in [1.29, 1.82) is 0 Å². The van der Waals surface area contributed by atoms with Crippen LogP contribution in [0.25, 0.3) is 0 Å². The molecule has 0 aliphatic heterocycles. The molecule has 1 N–H and O–H groups in total. The van der Waals surface area contributed by atoms with Gasteiger partial charge in [0.2, 0.25) is 0 Å². The monoisotopic (exact) mass is 340 g/mol. The van der Waals surface area contributed by atoms with Gasteiger partial charge in [-0.15, -0.1) is 0 Å². The molecular formula is C21H24O4. The number of esters is 1. The Kier molecular flexibility index (Phi) is 5.99. The second-order valence-electron chi connectivity index (χ2n) is 6.43. The zero-order valence-corrected chi connectivity index (χ0v) is 14.9. The van der Waals surface area contributed by atoms with E-state index in [4.69, 9.17) is 9.47 Å². The molecule has 1 atom stereocenters. The first-order chi connectivity index (χ1) is 11.8. The molecule has 4 nitrogen and oxygen atoms in total. The third-order valence-electron chi connectivity index (χ3n) is 4.08. The Morgan fingerprint density at radius 2 is 1.64 bits per heavy atom. The van der Waals surface area contributed by atoms with Crippen LogP contribution < -0.4 is 4.74 Å². The van der Waals surface area contributed by atoms with Crippen LogP contribution in [0.4, 0.5) is 0 Å². The lowest BCUT2D eigenvalue weighted by atomic mass is 9.78. The molecular weight excluding hydrogens is 316 g/mol. The first-order valence-electron chi connectivity index (χ1n) is 8.14. The molecule has 0 fully saturated rings. The molecule has 4 heteroatoms. The highest BCUT2D eigenvalue weighted by molar-refractivity contribution is 5.87. The third-order valence-corrected chi connectivity index (χ3v) is 4.08. The van der Waals surface area contributed by atoms with E-state index in [1.807, 2.05) is 30.3 Å². The van der Waals surface area contributed by atoms with Gasteiger partial charge in [-0.3, -0.25) is 0 Å². The molecule has 2 rings (SSSR count). The third kappa shape index (κ3) is 4.70. The molecule has 132 valence electrons. The van der Waals surface area contributed by atoms with Crippen LogP contribution in [0.3, 0.4) is 0 Å². The number of carbonyl (C=O) groups excluding carboxylic acids is 1. The van der Waals surface area contributed by atoms with Gasteiger partial charge in [-0.2, -0.15) is 0 Å². The summed E-state index contributed by atoms with van der Waals surface area (Å²) in [6.07, 6.45) is -1.06. The minimum Gasteiger partial charge on any atom is -0.452 e. The Morgan fingerprint density at radius 3 is 2.16 bits per heavy atom. The zero-order valence-electron chi connectivity index (χ0n) is 14.9. The molecule has 0 heterocycles. The predicted octanol–water partition coefficient (Wildman–Crippen LogP) is 3.83. The van der Waals surface area contributed by atoms with Crippen molar-refractivity contribution in [1.82, 2.24) is 0 Å². The summed E-state index contributed by atoms with van der Waals surface area (Å²) in [5.74, 6) is -0.0814. The maximum absolute atomic E-state index is 11.5. The van der Waals surface area contributed by atoms with Gasteiger partial charge in [0.1, 0.15) is 12.4 Å². The molecule has 0 spiro atoms. The number of aliphatic hydroxyl groups excluding tert-OH is 1. The van der Waals surface area contributed by atoms with Crippen LogP contribution in [0.15, 0.2) is 66.7 Å². The molecule has 0 saturated carbocycles. The normalized spacial score (nSPS) is 12.3. The highest BCUT2D eigenvalue weighted by Crippen LogP contribution is 2.32. The quantitative estimate of drug-likeness (QED) is 0.473. The largest absolute Gasteiger partial charge is 0.452 e. The molecule has 1 unspecified atom stereocenters. The second kappa shape index (κ2) is 7.99. The minimum absolute atomic E-state index is 0.150. The first-order valence-corrected chi connectivity index (χ1v) is 8.14. The molecule has 0 aromatic heterocycles. The van der Waals surface area contributed by atoms with Crippen molar-refractivity contribution in [3.63, 3.8) is 0 Å². The Morgan fingerprint density at radius 1 is 1.08 bits per heavy atom. The fraction of sp³-hybridized carbons (Fsp3) is 0.286. The van der Waals surface area contributed by atoms with Gasteiger partial charge in [0.25, 0.3) is 6.29 Å². The number of benzene rings is 2. The number of rotatable bonds is 7. The molecule has 0 amide bonds. The zero-order chi connectivity index (χ0) is 18.4. The number of carbonyl (C=O) groups is 1. The van der Waals surface area contributed by atoms with E-state index in [0.717, 1.165) is 5.56 Å². The summed E-state index contributed by atoms with van der Waals surface area (Å²) in [6, 6.07) is 17.8. The van der Waals surface area contributed by atoms with E-state index in [1.165, 1.54) is 12.5 Å². The van der Waals surface area contributed by atoms with Crippen LogP contribution in [0.1, 0.15) is 31.9 Å². The summed E-state index contributed by atoms with van der Waals surface area (Å²) < 4.78 is 10.5. The van der Waals surface area contributed by atoms with E-state index < -0.39 is 18.9 Å². The minimum atomic E-state index is -1.06. The molecule has 0 saturated heterocycles. The lowest BCUT2D eigenvalue weighted by molar-refractivity contribution is -0.163. The molecule has 0 aliphatic carbocycles. The average Bonchev–Trinajstić information content (AvgIpc) is 2.62. The van der Waals surface area contributed by atoms with Crippen LogP contribution in [-0.4, -0.2) is 24.0 Å². The van der Waals surface area contributed by atoms with Crippen molar-refractivity contribution in [2.45, 2.75) is 32.5 Å². The van der Waals surface area contributed by atoms with Crippen LogP contribution in [0, 0.1) is 0 Å². The lowest BCUT2D eigenvalue weighted by Crippen LogP contribution is -2.28. The maximum atomic E-state index is 11.5. The van der Waals surface area contributed by atoms with Crippen molar-refractivity contribution in [2.24, 2.45) is 0 Å². The molecule has 25 heavy (non-hydrogen) atoms.